The zero-order chi connectivity index (χ0) is 19.9. The van der Waals surface area contributed by atoms with Crippen molar-refractivity contribution in [1.82, 2.24) is 15.5 Å². The number of nitrogens with one attached hydrogen (secondary N) is 2. The smallest absolute Gasteiger partial charge is 0.191 e. The van der Waals surface area contributed by atoms with Gasteiger partial charge in [-0.15, -0.1) is 24.0 Å². The summed E-state index contributed by atoms with van der Waals surface area (Å²) in [6.45, 7) is 5.60. The number of aliphatic hydroxyl groups is 1. The maximum atomic E-state index is 10.1. The monoisotopic (exact) mass is 534 g/mol. The Hall–Kier alpha value is -0.570. The molecule has 0 radical (unpaired) electrons. The predicted molar refractivity (Wildman–Crippen MR) is 132 cm³/mol. The summed E-state index contributed by atoms with van der Waals surface area (Å²) < 4.78 is 0. The molecule has 0 spiro atoms. The second kappa shape index (κ2) is 12.3. The predicted octanol–water partition coefficient (Wildman–Crippen LogP) is 4.06. The standard InChI is InChI=1S/C22H35ClN4O.HI/c1-3-24-22(25-14-17-8-5-11-20(17)28)26-15-18-9-6-12-27(2)21(18)16-7-4-10-19(23)13-16;/h4,7,10,13,17-18,20-21,28H,3,5-6,8-9,11-12,14-15H2,1-2H3,(H2,24,25,26);1H. The molecule has 1 aromatic carbocycles. The Bertz CT molecular complexity index is 659. The Morgan fingerprint density at radius 1 is 1.21 bits per heavy atom. The first-order valence-electron chi connectivity index (χ1n) is 10.7. The molecule has 0 amide bonds. The molecule has 5 nitrogen and oxygen atoms in total. The van der Waals surface area contributed by atoms with Gasteiger partial charge >= 0.3 is 0 Å². The van der Waals surface area contributed by atoms with Crippen LogP contribution in [0.3, 0.4) is 0 Å². The molecule has 1 heterocycles. The van der Waals surface area contributed by atoms with Crippen molar-refractivity contribution in [2.75, 3.05) is 33.2 Å². The van der Waals surface area contributed by atoms with Gasteiger partial charge in [0.1, 0.15) is 0 Å². The molecule has 3 rings (SSSR count). The molecular formula is C22H36ClIN4O. The molecule has 1 aliphatic heterocycles. The molecule has 7 heteroatoms. The van der Waals surface area contributed by atoms with E-state index in [4.69, 9.17) is 16.6 Å². The summed E-state index contributed by atoms with van der Waals surface area (Å²) in [5.41, 5.74) is 1.28. The van der Waals surface area contributed by atoms with Gasteiger partial charge in [-0.05, 0) is 69.8 Å². The van der Waals surface area contributed by atoms with E-state index in [0.717, 1.165) is 56.4 Å². The number of guanidine groups is 1. The van der Waals surface area contributed by atoms with Gasteiger partial charge in [0, 0.05) is 36.6 Å². The summed E-state index contributed by atoms with van der Waals surface area (Å²) in [5, 5.41) is 17.7. The summed E-state index contributed by atoms with van der Waals surface area (Å²) in [6, 6.07) is 8.59. The van der Waals surface area contributed by atoms with E-state index in [1.807, 2.05) is 12.1 Å². The van der Waals surface area contributed by atoms with Gasteiger partial charge < -0.3 is 15.7 Å². The van der Waals surface area contributed by atoms with E-state index >= 15 is 0 Å². The average Bonchev–Trinajstić information content (AvgIpc) is 3.09. The van der Waals surface area contributed by atoms with Gasteiger partial charge in [-0.3, -0.25) is 9.89 Å². The second-order valence-electron chi connectivity index (χ2n) is 8.24. The van der Waals surface area contributed by atoms with Crippen molar-refractivity contribution in [2.45, 2.75) is 51.2 Å². The first-order valence-corrected chi connectivity index (χ1v) is 11.1. The summed E-state index contributed by atoms with van der Waals surface area (Å²) in [4.78, 5) is 7.34. The molecule has 29 heavy (non-hydrogen) atoms. The van der Waals surface area contributed by atoms with Gasteiger partial charge in [0.15, 0.2) is 5.96 Å². The molecular weight excluding hydrogens is 499 g/mol. The van der Waals surface area contributed by atoms with Crippen LogP contribution in [0, 0.1) is 11.8 Å². The minimum Gasteiger partial charge on any atom is -0.393 e. The lowest BCUT2D eigenvalue weighted by Crippen LogP contribution is -2.42. The number of aliphatic hydroxyl groups excluding tert-OH is 1. The van der Waals surface area contributed by atoms with Crippen molar-refractivity contribution in [3.8, 4) is 0 Å². The van der Waals surface area contributed by atoms with Gasteiger partial charge in [0.2, 0.25) is 0 Å². The van der Waals surface area contributed by atoms with E-state index in [1.165, 1.54) is 18.4 Å². The topological polar surface area (TPSA) is 59.9 Å². The number of rotatable bonds is 6. The van der Waals surface area contributed by atoms with Gasteiger partial charge in [-0.25, -0.2) is 0 Å². The van der Waals surface area contributed by atoms with Crippen molar-refractivity contribution >= 4 is 41.5 Å². The number of nitrogens with zero attached hydrogens (tertiary/aromatic N) is 2. The van der Waals surface area contributed by atoms with Crippen LogP contribution in [0.2, 0.25) is 5.02 Å². The van der Waals surface area contributed by atoms with Gasteiger partial charge in [-0.1, -0.05) is 30.2 Å². The highest BCUT2D eigenvalue weighted by Crippen LogP contribution is 2.36. The first-order chi connectivity index (χ1) is 13.6. The molecule has 0 aromatic heterocycles. The summed E-state index contributed by atoms with van der Waals surface area (Å²) >= 11 is 6.26. The largest absolute Gasteiger partial charge is 0.393 e. The number of aliphatic imine (C=N–C) groups is 1. The molecule has 1 saturated carbocycles. The first kappa shape index (κ1) is 24.7. The van der Waals surface area contributed by atoms with Gasteiger partial charge in [0.25, 0.3) is 0 Å². The second-order valence-corrected chi connectivity index (χ2v) is 8.68. The summed E-state index contributed by atoms with van der Waals surface area (Å²) in [7, 11) is 2.20. The van der Waals surface area contributed by atoms with E-state index in [1.54, 1.807) is 0 Å². The lowest BCUT2D eigenvalue weighted by molar-refractivity contribution is 0.125. The Morgan fingerprint density at radius 3 is 2.69 bits per heavy atom. The third-order valence-corrected chi connectivity index (χ3v) is 6.41. The molecule has 2 fully saturated rings. The van der Waals surface area contributed by atoms with Crippen molar-refractivity contribution in [1.29, 1.82) is 0 Å². The molecule has 4 atom stereocenters. The van der Waals surface area contributed by atoms with Gasteiger partial charge in [0.05, 0.1) is 6.10 Å². The maximum absolute atomic E-state index is 10.1. The Balaban J connectivity index is 0.00000300. The molecule has 1 saturated heterocycles. The fraction of sp³-hybridized carbons (Fsp3) is 0.682. The third-order valence-electron chi connectivity index (χ3n) is 6.18. The summed E-state index contributed by atoms with van der Waals surface area (Å²) in [6.07, 6.45) is 5.34. The van der Waals surface area contributed by atoms with Crippen molar-refractivity contribution in [3.05, 3.63) is 34.9 Å². The SMILES string of the molecule is CCNC(=NCC1CCCN(C)C1c1cccc(Cl)c1)NCC1CCCC1O.I. The zero-order valence-electron chi connectivity index (χ0n) is 17.6. The van der Waals surface area contributed by atoms with Crippen LogP contribution in [0.4, 0.5) is 0 Å². The molecule has 1 aliphatic carbocycles. The van der Waals surface area contributed by atoms with E-state index in [2.05, 4.69) is 41.6 Å². The normalized spacial score (nSPS) is 28.1. The number of likely N-dealkylation sites (tertiary alicyclic amines) is 1. The van der Waals surface area contributed by atoms with Crippen molar-refractivity contribution < 1.29 is 5.11 Å². The minimum atomic E-state index is -0.172. The van der Waals surface area contributed by atoms with Crippen LogP contribution < -0.4 is 10.6 Å². The Morgan fingerprint density at radius 2 is 2.00 bits per heavy atom. The van der Waals surface area contributed by atoms with Crippen LogP contribution in [0.15, 0.2) is 29.3 Å². The maximum Gasteiger partial charge on any atom is 0.191 e. The van der Waals surface area contributed by atoms with Crippen LogP contribution in [-0.4, -0.2) is 55.3 Å². The Labute approximate surface area is 197 Å². The van der Waals surface area contributed by atoms with E-state index in [9.17, 15) is 5.11 Å². The lowest BCUT2D eigenvalue weighted by atomic mass is 9.85. The van der Waals surface area contributed by atoms with Crippen molar-refractivity contribution in [2.24, 2.45) is 16.8 Å². The van der Waals surface area contributed by atoms with Crippen LogP contribution >= 0.6 is 35.6 Å². The Kier molecular flexibility index (Phi) is 10.5. The zero-order valence-corrected chi connectivity index (χ0v) is 20.7. The van der Waals surface area contributed by atoms with Crippen LogP contribution in [0.5, 0.6) is 0 Å². The number of hydrogen-bond donors (Lipinski definition) is 3. The highest BCUT2D eigenvalue weighted by atomic mass is 127. The highest BCUT2D eigenvalue weighted by molar-refractivity contribution is 14.0. The fourth-order valence-corrected chi connectivity index (χ4v) is 4.90. The quantitative estimate of drug-likeness (QED) is 0.293. The van der Waals surface area contributed by atoms with Crippen LogP contribution in [0.25, 0.3) is 0 Å². The number of halogens is 2. The molecule has 164 valence electrons. The molecule has 4 unspecified atom stereocenters. The molecule has 1 aromatic rings. The van der Waals surface area contributed by atoms with Crippen LogP contribution in [-0.2, 0) is 0 Å². The van der Waals surface area contributed by atoms with E-state index in [-0.39, 0.29) is 30.1 Å². The molecule has 0 bridgehead atoms. The lowest BCUT2D eigenvalue weighted by Gasteiger charge is -2.39. The van der Waals surface area contributed by atoms with Gasteiger partial charge in [-0.2, -0.15) is 0 Å². The molecule has 2 aliphatic rings. The highest BCUT2D eigenvalue weighted by Gasteiger charge is 2.30. The third kappa shape index (κ3) is 6.97. The number of benzene rings is 1. The number of hydrogen-bond acceptors (Lipinski definition) is 3. The van der Waals surface area contributed by atoms with Crippen LogP contribution in [0.1, 0.15) is 50.6 Å². The minimum absolute atomic E-state index is 0. The van der Waals surface area contributed by atoms with Crippen molar-refractivity contribution in [3.63, 3.8) is 0 Å². The van der Waals surface area contributed by atoms with E-state index in [0.29, 0.717) is 17.9 Å². The number of piperidine rings is 1. The fourth-order valence-electron chi connectivity index (χ4n) is 4.70. The average molecular weight is 535 g/mol. The van der Waals surface area contributed by atoms with E-state index < -0.39 is 0 Å². The molecule has 3 N–H and O–H groups in total. The summed E-state index contributed by atoms with van der Waals surface area (Å²) in [5.74, 6) is 1.66.